The van der Waals surface area contributed by atoms with Crippen LogP contribution in [-0.4, -0.2) is 18.7 Å². The first-order chi connectivity index (χ1) is 13.9. The third-order valence-corrected chi connectivity index (χ3v) is 5.38. The van der Waals surface area contributed by atoms with Crippen LogP contribution in [0.2, 0.25) is 0 Å². The number of ether oxygens (including phenoxy) is 1. The molecule has 29 heavy (non-hydrogen) atoms. The molecule has 0 spiro atoms. The van der Waals surface area contributed by atoms with Crippen LogP contribution in [0.5, 0.6) is 0 Å². The van der Waals surface area contributed by atoms with Crippen molar-refractivity contribution in [2.24, 2.45) is 4.99 Å². The Morgan fingerprint density at radius 1 is 1.03 bits per heavy atom. The Bertz CT molecular complexity index is 985. The van der Waals surface area contributed by atoms with Gasteiger partial charge in [-0.05, 0) is 63.9 Å². The molecule has 0 aliphatic rings. The zero-order valence-corrected chi connectivity index (χ0v) is 18.8. The highest BCUT2D eigenvalue weighted by molar-refractivity contribution is 14.1. The van der Waals surface area contributed by atoms with Gasteiger partial charge in [-0.2, -0.15) is 0 Å². The van der Waals surface area contributed by atoms with Gasteiger partial charge in [0.2, 0.25) is 0 Å². The third-order valence-electron chi connectivity index (χ3n) is 4.21. The lowest BCUT2D eigenvalue weighted by Crippen LogP contribution is -2.06. The van der Waals surface area contributed by atoms with E-state index in [4.69, 9.17) is 4.74 Å². The van der Waals surface area contributed by atoms with E-state index in [1.54, 1.807) is 19.2 Å². The number of carbonyl (C=O) groups is 1. The molecule has 0 bridgehead atoms. The minimum Gasteiger partial charge on any atom is -0.458 e. The number of aliphatic imine (C=N–C) groups is 1. The first-order valence-corrected chi connectivity index (χ1v) is 10.2. The number of nitrogens with zero attached hydrogens (tertiary/aromatic N) is 1. The van der Waals surface area contributed by atoms with E-state index in [0.29, 0.717) is 5.57 Å². The quantitative estimate of drug-likeness (QED) is 0.148. The second-order valence-corrected chi connectivity index (χ2v) is 7.51. The molecule has 0 saturated carbocycles. The summed E-state index contributed by atoms with van der Waals surface area (Å²) in [6.45, 7) is 10.4. The van der Waals surface area contributed by atoms with E-state index in [-0.39, 0.29) is 6.61 Å². The summed E-state index contributed by atoms with van der Waals surface area (Å²) in [5.41, 5.74) is 5.44. The highest BCUT2D eigenvalue weighted by Crippen LogP contribution is 2.20. The third kappa shape index (κ3) is 6.98. The summed E-state index contributed by atoms with van der Waals surface area (Å²) in [7, 11) is 1.76. The van der Waals surface area contributed by atoms with Gasteiger partial charge in [0, 0.05) is 22.3 Å². The molecule has 0 saturated heterocycles. The van der Waals surface area contributed by atoms with Gasteiger partial charge < -0.3 is 4.74 Å². The Morgan fingerprint density at radius 2 is 1.72 bits per heavy atom. The van der Waals surface area contributed by atoms with Crippen molar-refractivity contribution in [2.45, 2.75) is 13.5 Å². The van der Waals surface area contributed by atoms with Gasteiger partial charge in [-0.25, -0.2) is 4.79 Å². The number of rotatable bonds is 8. The Morgan fingerprint density at radius 3 is 2.41 bits per heavy atom. The van der Waals surface area contributed by atoms with Gasteiger partial charge in [0.15, 0.2) is 0 Å². The lowest BCUT2D eigenvalue weighted by Gasteiger charge is -2.11. The maximum absolute atomic E-state index is 11.9. The maximum Gasteiger partial charge on any atom is 0.331 e. The molecule has 3 nitrogen and oxygen atoms in total. The number of esters is 1. The predicted molar refractivity (Wildman–Crippen MR) is 129 cm³/mol. The summed E-state index contributed by atoms with van der Waals surface area (Å²) in [4.78, 5) is 16.3. The van der Waals surface area contributed by atoms with Crippen LogP contribution in [0.15, 0.2) is 102 Å². The summed E-state index contributed by atoms with van der Waals surface area (Å²) in [6.07, 6.45) is 6.65. The smallest absolute Gasteiger partial charge is 0.331 e. The summed E-state index contributed by atoms with van der Waals surface area (Å²) in [5.74, 6) is -0.410. The normalized spacial score (nSPS) is 11.8. The molecule has 0 N–H and O–H groups in total. The maximum atomic E-state index is 11.9. The van der Waals surface area contributed by atoms with Gasteiger partial charge in [-0.15, -0.1) is 0 Å². The highest BCUT2D eigenvalue weighted by Gasteiger charge is 2.10. The van der Waals surface area contributed by atoms with Gasteiger partial charge in [-0.1, -0.05) is 67.8 Å². The van der Waals surface area contributed by atoms with Crippen molar-refractivity contribution >= 4 is 34.3 Å². The van der Waals surface area contributed by atoms with Crippen LogP contribution in [0.3, 0.4) is 0 Å². The van der Waals surface area contributed by atoms with Gasteiger partial charge >= 0.3 is 5.97 Å². The molecule has 2 aromatic rings. The van der Waals surface area contributed by atoms with E-state index in [0.717, 1.165) is 22.4 Å². The summed E-state index contributed by atoms with van der Waals surface area (Å²) in [6, 6.07) is 15.7. The average Bonchev–Trinajstić information content (AvgIpc) is 2.73. The van der Waals surface area contributed by atoms with Crippen LogP contribution in [-0.2, 0) is 16.1 Å². The molecule has 0 amide bonds. The van der Waals surface area contributed by atoms with E-state index in [2.05, 4.69) is 53.7 Å². The van der Waals surface area contributed by atoms with Gasteiger partial charge in [0.1, 0.15) is 6.61 Å². The molecule has 0 unspecified atom stereocenters. The van der Waals surface area contributed by atoms with Crippen LogP contribution < -0.4 is 0 Å². The van der Waals surface area contributed by atoms with Crippen molar-refractivity contribution in [1.82, 2.24) is 0 Å². The van der Waals surface area contributed by atoms with Crippen molar-refractivity contribution in [3.8, 4) is 0 Å². The van der Waals surface area contributed by atoms with Crippen molar-refractivity contribution < 1.29 is 9.53 Å². The van der Waals surface area contributed by atoms with Gasteiger partial charge in [0.05, 0.1) is 5.71 Å². The summed E-state index contributed by atoms with van der Waals surface area (Å²) in [5, 5.41) is 0. The Kier molecular flexibility index (Phi) is 8.80. The number of halogens is 1. The summed E-state index contributed by atoms with van der Waals surface area (Å²) < 4.78 is 6.39. The molecule has 2 aromatic carbocycles. The molecule has 0 aliphatic carbocycles. The number of carbonyl (C=O) groups excluding carboxylic acids is 1. The van der Waals surface area contributed by atoms with Crippen LogP contribution in [0, 0.1) is 10.5 Å². The molecule has 0 radical (unpaired) electrons. The fourth-order valence-electron chi connectivity index (χ4n) is 2.60. The topological polar surface area (TPSA) is 38.7 Å². The van der Waals surface area contributed by atoms with Crippen LogP contribution in [0.4, 0.5) is 0 Å². The number of benzene rings is 2. The highest BCUT2D eigenvalue weighted by atomic mass is 127. The van der Waals surface area contributed by atoms with Gasteiger partial charge in [0.25, 0.3) is 0 Å². The Hall–Kier alpha value is -2.73. The van der Waals surface area contributed by atoms with E-state index in [1.807, 2.05) is 48.5 Å². The molecular formula is C25H24INO2. The van der Waals surface area contributed by atoms with Crippen molar-refractivity contribution in [1.29, 1.82) is 0 Å². The zero-order valence-electron chi connectivity index (χ0n) is 16.7. The Labute approximate surface area is 186 Å². The lowest BCUT2D eigenvalue weighted by molar-refractivity contribution is -0.139. The van der Waals surface area contributed by atoms with E-state index in [1.165, 1.54) is 15.2 Å². The fourth-order valence-corrected chi connectivity index (χ4v) is 3.09. The molecule has 4 heteroatoms. The van der Waals surface area contributed by atoms with Crippen LogP contribution >= 0.6 is 22.6 Å². The number of hydrogen-bond donors (Lipinski definition) is 0. The van der Waals surface area contributed by atoms with Gasteiger partial charge in [-0.3, -0.25) is 4.99 Å². The number of allylic oxidation sites excluding steroid dienone is 5. The lowest BCUT2D eigenvalue weighted by atomic mass is 9.98. The second kappa shape index (κ2) is 11.3. The van der Waals surface area contributed by atoms with Crippen molar-refractivity contribution in [3.63, 3.8) is 0 Å². The minimum absolute atomic E-state index is 0.245. The molecule has 0 fully saturated rings. The second-order valence-electron chi connectivity index (χ2n) is 6.34. The first-order valence-electron chi connectivity index (χ1n) is 9.09. The first kappa shape index (κ1) is 22.6. The van der Waals surface area contributed by atoms with Crippen LogP contribution in [0.1, 0.15) is 16.7 Å². The standard InChI is InChI=1S/C25H24INO2/c1-18(14-16-24(28)29-17-21-9-6-5-7-10-21)13-15-19(2)25(27-4)22-11-8-12-23(26)20(22)3/h5-16H,1-2,17H2,3-4H3/b15-13-,16-14-,27-25?. The van der Waals surface area contributed by atoms with Crippen molar-refractivity contribution in [2.75, 3.05) is 7.05 Å². The Balaban J connectivity index is 1.94. The molecule has 0 aliphatic heterocycles. The van der Waals surface area contributed by atoms with E-state index < -0.39 is 5.97 Å². The molecule has 148 valence electrons. The van der Waals surface area contributed by atoms with E-state index in [9.17, 15) is 4.79 Å². The van der Waals surface area contributed by atoms with Crippen molar-refractivity contribution in [3.05, 3.63) is 117 Å². The molecule has 0 atom stereocenters. The molecule has 0 heterocycles. The predicted octanol–water partition coefficient (Wildman–Crippen LogP) is 5.99. The zero-order chi connectivity index (χ0) is 21.2. The minimum atomic E-state index is -0.410. The average molecular weight is 497 g/mol. The SMILES string of the molecule is C=C(/C=C\C(=C)C(=NC)c1cccc(I)c1C)/C=C\C(=O)OCc1ccccc1. The van der Waals surface area contributed by atoms with E-state index >= 15 is 0 Å². The fraction of sp³-hybridized carbons (Fsp3) is 0.120. The summed E-state index contributed by atoms with van der Waals surface area (Å²) >= 11 is 2.31. The number of hydrogen-bond acceptors (Lipinski definition) is 3. The largest absolute Gasteiger partial charge is 0.458 e. The monoisotopic (exact) mass is 497 g/mol. The molecule has 0 aromatic heterocycles. The van der Waals surface area contributed by atoms with Crippen LogP contribution in [0.25, 0.3) is 0 Å². The molecule has 2 rings (SSSR count). The molecular weight excluding hydrogens is 473 g/mol.